The molecule has 1 aliphatic carbocycles. The van der Waals surface area contributed by atoms with Gasteiger partial charge in [-0.25, -0.2) is 0 Å². The van der Waals surface area contributed by atoms with Crippen LogP contribution in [0, 0.1) is 5.92 Å². The highest BCUT2D eigenvalue weighted by Crippen LogP contribution is 2.23. The Balaban J connectivity index is 1.47. The van der Waals surface area contributed by atoms with Gasteiger partial charge in [0.1, 0.15) is 0 Å². The summed E-state index contributed by atoms with van der Waals surface area (Å²) in [7, 11) is 0. The van der Waals surface area contributed by atoms with E-state index >= 15 is 0 Å². The second-order valence-electron chi connectivity index (χ2n) is 5.17. The molecule has 1 aliphatic heterocycles. The summed E-state index contributed by atoms with van der Waals surface area (Å²) < 4.78 is 5.81. The molecule has 0 bridgehead atoms. The average molecular weight is 226 g/mol. The van der Waals surface area contributed by atoms with Gasteiger partial charge in [0.05, 0.1) is 6.61 Å². The normalized spacial score (nSPS) is 24.8. The molecule has 2 fully saturated rings. The zero-order valence-electron chi connectivity index (χ0n) is 10.4. The molecule has 1 saturated carbocycles. The van der Waals surface area contributed by atoms with E-state index in [0.29, 0.717) is 0 Å². The fourth-order valence-corrected chi connectivity index (χ4v) is 2.73. The van der Waals surface area contributed by atoms with Crippen LogP contribution >= 0.6 is 0 Å². The fraction of sp³-hybridized carbons (Fsp3) is 1.00. The molecule has 3 nitrogen and oxygen atoms in total. The fourth-order valence-electron chi connectivity index (χ4n) is 2.73. The maximum atomic E-state index is 5.81. The molecule has 0 atom stereocenters. The molecule has 0 unspecified atom stereocenters. The van der Waals surface area contributed by atoms with Crippen molar-refractivity contribution >= 4 is 0 Å². The number of ether oxygens (including phenoxy) is 1. The van der Waals surface area contributed by atoms with Crippen LogP contribution in [0.2, 0.25) is 0 Å². The second kappa shape index (κ2) is 7.25. The van der Waals surface area contributed by atoms with Crippen LogP contribution in [0.1, 0.15) is 32.1 Å². The molecule has 0 spiro atoms. The molecule has 0 radical (unpaired) electrons. The van der Waals surface area contributed by atoms with Crippen LogP contribution in [0.15, 0.2) is 0 Å². The Labute approximate surface area is 99.5 Å². The van der Waals surface area contributed by atoms with Crippen LogP contribution in [0.25, 0.3) is 0 Å². The van der Waals surface area contributed by atoms with Gasteiger partial charge >= 0.3 is 0 Å². The summed E-state index contributed by atoms with van der Waals surface area (Å²) >= 11 is 0. The topological polar surface area (TPSA) is 24.5 Å². The van der Waals surface area contributed by atoms with E-state index in [4.69, 9.17) is 4.74 Å². The van der Waals surface area contributed by atoms with Crippen molar-refractivity contribution in [1.82, 2.24) is 10.2 Å². The van der Waals surface area contributed by atoms with Crippen LogP contribution in [-0.2, 0) is 4.74 Å². The molecule has 0 amide bonds. The van der Waals surface area contributed by atoms with E-state index in [0.717, 1.165) is 38.8 Å². The van der Waals surface area contributed by atoms with E-state index in [1.807, 2.05) is 0 Å². The lowest BCUT2D eigenvalue weighted by atomic mass is 9.90. The SMILES string of the molecule is C1CCC(COCCN2CCNCC2)CC1. The number of hydrogen-bond donors (Lipinski definition) is 1. The van der Waals surface area contributed by atoms with Crippen LogP contribution in [0.3, 0.4) is 0 Å². The van der Waals surface area contributed by atoms with Crippen molar-refractivity contribution in [1.29, 1.82) is 0 Å². The standard InChI is InChI=1S/C13H26N2O/c1-2-4-13(5-3-1)12-16-11-10-15-8-6-14-7-9-15/h13-14H,1-12H2. The molecular formula is C13H26N2O. The van der Waals surface area contributed by atoms with Crippen LogP contribution in [-0.4, -0.2) is 50.8 Å². The highest BCUT2D eigenvalue weighted by Gasteiger charge is 2.13. The van der Waals surface area contributed by atoms with Crippen LogP contribution < -0.4 is 5.32 Å². The third-order valence-corrected chi connectivity index (χ3v) is 3.84. The molecule has 16 heavy (non-hydrogen) atoms. The third kappa shape index (κ3) is 4.40. The number of piperazine rings is 1. The summed E-state index contributed by atoms with van der Waals surface area (Å²) in [4.78, 5) is 2.50. The molecule has 0 aromatic carbocycles. The number of nitrogens with zero attached hydrogens (tertiary/aromatic N) is 1. The first kappa shape index (κ1) is 12.3. The first-order valence-electron chi connectivity index (χ1n) is 6.96. The quantitative estimate of drug-likeness (QED) is 0.719. The van der Waals surface area contributed by atoms with Crippen molar-refractivity contribution in [3.8, 4) is 0 Å². The van der Waals surface area contributed by atoms with Crippen LogP contribution in [0.4, 0.5) is 0 Å². The lowest BCUT2D eigenvalue weighted by Gasteiger charge is -2.27. The zero-order chi connectivity index (χ0) is 11.1. The lowest BCUT2D eigenvalue weighted by molar-refractivity contribution is 0.0644. The summed E-state index contributed by atoms with van der Waals surface area (Å²) in [6.45, 7) is 7.71. The van der Waals surface area contributed by atoms with Gasteiger partial charge in [0.25, 0.3) is 0 Å². The highest BCUT2D eigenvalue weighted by molar-refractivity contribution is 4.68. The first-order valence-corrected chi connectivity index (χ1v) is 6.96. The van der Waals surface area contributed by atoms with E-state index in [2.05, 4.69) is 10.2 Å². The summed E-state index contributed by atoms with van der Waals surface area (Å²) in [5.74, 6) is 0.858. The van der Waals surface area contributed by atoms with Crippen molar-refractivity contribution in [3.63, 3.8) is 0 Å². The van der Waals surface area contributed by atoms with E-state index in [1.54, 1.807) is 0 Å². The minimum atomic E-state index is 0.858. The second-order valence-corrected chi connectivity index (χ2v) is 5.17. The zero-order valence-corrected chi connectivity index (χ0v) is 10.4. The van der Waals surface area contributed by atoms with Gasteiger partial charge in [-0.1, -0.05) is 19.3 Å². The van der Waals surface area contributed by atoms with Gasteiger partial charge in [-0.2, -0.15) is 0 Å². The molecular weight excluding hydrogens is 200 g/mol. The van der Waals surface area contributed by atoms with E-state index in [-0.39, 0.29) is 0 Å². The van der Waals surface area contributed by atoms with E-state index in [9.17, 15) is 0 Å². The molecule has 1 saturated heterocycles. The minimum Gasteiger partial charge on any atom is -0.380 e. The first-order chi connectivity index (χ1) is 7.95. The molecule has 1 N–H and O–H groups in total. The monoisotopic (exact) mass is 226 g/mol. The van der Waals surface area contributed by atoms with E-state index in [1.165, 1.54) is 45.2 Å². The summed E-state index contributed by atoms with van der Waals surface area (Å²) in [6.07, 6.45) is 7.08. The predicted octanol–water partition coefficient (Wildman–Crippen LogP) is 1.49. The van der Waals surface area contributed by atoms with E-state index < -0.39 is 0 Å². The Kier molecular flexibility index (Phi) is 5.59. The van der Waals surface area contributed by atoms with Gasteiger partial charge in [0.2, 0.25) is 0 Å². The molecule has 1 heterocycles. The van der Waals surface area contributed by atoms with Crippen molar-refractivity contribution in [2.24, 2.45) is 5.92 Å². The Hall–Kier alpha value is -0.120. The van der Waals surface area contributed by atoms with Crippen molar-refractivity contribution in [2.75, 3.05) is 45.9 Å². The Morgan fingerprint density at radius 1 is 1.06 bits per heavy atom. The van der Waals surface area contributed by atoms with Crippen molar-refractivity contribution < 1.29 is 4.74 Å². The summed E-state index contributed by atoms with van der Waals surface area (Å²) in [6, 6.07) is 0. The van der Waals surface area contributed by atoms with Gasteiger partial charge in [-0.15, -0.1) is 0 Å². The Morgan fingerprint density at radius 2 is 1.81 bits per heavy atom. The van der Waals surface area contributed by atoms with Gasteiger partial charge in [-0.3, -0.25) is 4.90 Å². The highest BCUT2D eigenvalue weighted by atomic mass is 16.5. The lowest BCUT2D eigenvalue weighted by Crippen LogP contribution is -2.44. The maximum Gasteiger partial charge on any atom is 0.0593 e. The van der Waals surface area contributed by atoms with Crippen molar-refractivity contribution in [3.05, 3.63) is 0 Å². The summed E-state index contributed by atoms with van der Waals surface area (Å²) in [5, 5.41) is 3.37. The number of nitrogens with one attached hydrogen (secondary N) is 1. The Bertz CT molecular complexity index is 155. The largest absolute Gasteiger partial charge is 0.380 e. The molecule has 94 valence electrons. The third-order valence-electron chi connectivity index (χ3n) is 3.84. The van der Waals surface area contributed by atoms with Crippen LogP contribution in [0.5, 0.6) is 0 Å². The summed E-state index contributed by atoms with van der Waals surface area (Å²) in [5.41, 5.74) is 0. The molecule has 2 aliphatic rings. The molecule has 3 heteroatoms. The average Bonchev–Trinajstić information content (AvgIpc) is 2.37. The van der Waals surface area contributed by atoms with Gasteiger partial charge in [0.15, 0.2) is 0 Å². The molecule has 2 rings (SSSR count). The Morgan fingerprint density at radius 3 is 2.56 bits per heavy atom. The van der Waals surface area contributed by atoms with Gasteiger partial charge < -0.3 is 10.1 Å². The van der Waals surface area contributed by atoms with Crippen molar-refractivity contribution in [2.45, 2.75) is 32.1 Å². The minimum absolute atomic E-state index is 0.858. The molecule has 0 aromatic heterocycles. The van der Waals surface area contributed by atoms with Gasteiger partial charge in [0, 0.05) is 39.3 Å². The van der Waals surface area contributed by atoms with Gasteiger partial charge in [-0.05, 0) is 18.8 Å². The number of rotatable bonds is 5. The smallest absolute Gasteiger partial charge is 0.0593 e. The predicted molar refractivity (Wildman–Crippen MR) is 66.7 cm³/mol. The number of hydrogen-bond acceptors (Lipinski definition) is 3. The molecule has 0 aromatic rings. The maximum absolute atomic E-state index is 5.81.